The number of hydrogen-bond acceptors (Lipinski definition) is 7. The third kappa shape index (κ3) is 6.90. The van der Waals surface area contributed by atoms with Crippen molar-refractivity contribution < 1.29 is 33.7 Å². The Morgan fingerprint density at radius 3 is 2.00 bits per heavy atom. The van der Waals surface area contributed by atoms with Crippen LogP contribution in [0, 0.1) is 0 Å². The van der Waals surface area contributed by atoms with Crippen LogP contribution in [-0.2, 0) is 23.8 Å². The van der Waals surface area contributed by atoms with Crippen LogP contribution >= 0.6 is 0 Å². The van der Waals surface area contributed by atoms with E-state index in [9.17, 15) is 19.5 Å². The molecule has 1 rings (SSSR count). The van der Waals surface area contributed by atoms with Crippen molar-refractivity contribution in [1.29, 1.82) is 0 Å². The summed E-state index contributed by atoms with van der Waals surface area (Å²) in [6.45, 7) is 9.21. The Hall–Kier alpha value is -3.09. The maximum absolute atomic E-state index is 11.9. The Balaban J connectivity index is 2.67. The Morgan fingerprint density at radius 2 is 1.48 bits per heavy atom. The maximum Gasteiger partial charge on any atom is 0.338 e. The Kier molecular flexibility index (Phi) is 7.40. The summed E-state index contributed by atoms with van der Waals surface area (Å²) < 4.78 is 15.1. The highest BCUT2D eigenvalue weighted by molar-refractivity contribution is 5.90. The number of aromatic hydroxyl groups is 1. The first kappa shape index (κ1) is 20.0. The molecule has 25 heavy (non-hydrogen) atoms. The average molecular weight is 348 g/mol. The molecule has 7 nitrogen and oxygen atoms in total. The predicted octanol–water partition coefficient (Wildman–Crippen LogP) is 2.16. The van der Waals surface area contributed by atoms with Gasteiger partial charge < -0.3 is 19.3 Å². The van der Waals surface area contributed by atoms with Gasteiger partial charge in [0.2, 0.25) is 0 Å². The summed E-state index contributed by atoms with van der Waals surface area (Å²) in [5, 5.41) is 9.20. The van der Waals surface area contributed by atoms with Crippen LogP contribution in [0.25, 0.3) is 0 Å². The van der Waals surface area contributed by atoms with E-state index in [-0.39, 0.29) is 35.7 Å². The molecular formula is C18H20O7. The molecule has 7 heteroatoms. The molecule has 1 aromatic rings. The molecule has 1 N–H and O–H groups in total. The van der Waals surface area contributed by atoms with Gasteiger partial charge in [0.1, 0.15) is 19.0 Å². The number of carbonyl (C=O) groups is 3. The Morgan fingerprint density at radius 1 is 0.960 bits per heavy atom. The molecule has 0 saturated carbocycles. The van der Waals surface area contributed by atoms with E-state index in [1.54, 1.807) is 0 Å². The third-order valence-electron chi connectivity index (χ3n) is 2.87. The molecule has 134 valence electrons. The van der Waals surface area contributed by atoms with E-state index in [4.69, 9.17) is 14.2 Å². The minimum atomic E-state index is -0.992. The molecule has 0 fully saturated rings. The lowest BCUT2D eigenvalue weighted by Crippen LogP contribution is -2.31. The Labute approximate surface area is 145 Å². The number of rotatable bonds is 8. The second-order valence-electron chi connectivity index (χ2n) is 5.33. The fourth-order valence-corrected chi connectivity index (χ4v) is 1.51. The molecule has 1 unspecified atom stereocenters. The van der Waals surface area contributed by atoms with E-state index in [2.05, 4.69) is 13.2 Å². The quantitative estimate of drug-likeness (QED) is 0.436. The normalized spacial score (nSPS) is 11.1. The SMILES string of the molecule is C=C(C)C(=O)OCC(COC(=O)c1ccc(O)cc1)OC(=O)C(=C)C. The molecule has 0 spiro atoms. The number of benzene rings is 1. The van der Waals surface area contributed by atoms with E-state index in [1.807, 2.05) is 0 Å². The van der Waals surface area contributed by atoms with Gasteiger partial charge in [-0.05, 0) is 38.1 Å². The van der Waals surface area contributed by atoms with Crippen molar-refractivity contribution in [2.75, 3.05) is 13.2 Å². The second kappa shape index (κ2) is 9.27. The van der Waals surface area contributed by atoms with Crippen LogP contribution in [0.4, 0.5) is 0 Å². The highest BCUT2D eigenvalue weighted by Crippen LogP contribution is 2.11. The van der Waals surface area contributed by atoms with Gasteiger partial charge in [0.05, 0.1) is 5.56 Å². The van der Waals surface area contributed by atoms with Crippen LogP contribution in [-0.4, -0.2) is 42.3 Å². The van der Waals surface area contributed by atoms with Crippen molar-refractivity contribution in [3.05, 3.63) is 54.1 Å². The lowest BCUT2D eigenvalue weighted by Gasteiger charge is -2.18. The van der Waals surface area contributed by atoms with Gasteiger partial charge in [0, 0.05) is 11.1 Å². The third-order valence-corrected chi connectivity index (χ3v) is 2.87. The summed E-state index contributed by atoms with van der Waals surface area (Å²) in [4.78, 5) is 35.0. The molecule has 0 bridgehead atoms. The van der Waals surface area contributed by atoms with Gasteiger partial charge in [-0.15, -0.1) is 0 Å². The molecule has 0 radical (unpaired) electrons. The topological polar surface area (TPSA) is 99.1 Å². The molecule has 1 atom stereocenters. The van der Waals surface area contributed by atoms with Gasteiger partial charge in [-0.3, -0.25) is 0 Å². The number of ether oxygens (including phenoxy) is 3. The van der Waals surface area contributed by atoms with Crippen LogP contribution < -0.4 is 0 Å². The van der Waals surface area contributed by atoms with Crippen LogP contribution in [0.1, 0.15) is 24.2 Å². The van der Waals surface area contributed by atoms with Crippen LogP contribution in [0.3, 0.4) is 0 Å². The average Bonchev–Trinajstić information content (AvgIpc) is 2.56. The van der Waals surface area contributed by atoms with Gasteiger partial charge in [-0.2, -0.15) is 0 Å². The smallest absolute Gasteiger partial charge is 0.338 e. The first-order valence-corrected chi connectivity index (χ1v) is 7.36. The highest BCUT2D eigenvalue weighted by atomic mass is 16.6. The van der Waals surface area contributed by atoms with Gasteiger partial charge in [-0.1, -0.05) is 13.2 Å². The predicted molar refractivity (Wildman–Crippen MR) is 88.9 cm³/mol. The van der Waals surface area contributed by atoms with E-state index < -0.39 is 24.0 Å². The number of hydrogen-bond donors (Lipinski definition) is 1. The first-order valence-electron chi connectivity index (χ1n) is 7.36. The monoisotopic (exact) mass is 348 g/mol. The second-order valence-corrected chi connectivity index (χ2v) is 5.33. The summed E-state index contributed by atoms with van der Waals surface area (Å²) in [5.74, 6) is -2.02. The zero-order chi connectivity index (χ0) is 19.0. The van der Waals surface area contributed by atoms with E-state index in [1.165, 1.54) is 38.1 Å². The zero-order valence-electron chi connectivity index (χ0n) is 14.1. The molecule has 0 saturated heterocycles. The van der Waals surface area contributed by atoms with Crippen LogP contribution in [0.15, 0.2) is 48.6 Å². The van der Waals surface area contributed by atoms with Gasteiger partial charge in [-0.25, -0.2) is 14.4 Å². The van der Waals surface area contributed by atoms with Crippen LogP contribution in [0.2, 0.25) is 0 Å². The first-order chi connectivity index (χ1) is 11.7. The standard InChI is InChI=1S/C18H20O7/c1-11(2)16(20)23-9-15(25-17(21)12(3)4)10-24-18(22)13-5-7-14(19)8-6-13/h5-8,15,19H,1,3,9-10H2,2,4H3. The number of carbonyl (C=O) groups excluding carboxylic acids is 3. The molecular weight excluding hydrogens is 328 g/mol. The summed E-state index contributed by atoms with van der Waals surface area (Å²) in [5.41, 5.74) is 0.550. The molecule has 1 aromatic carbocycles. The van der Waals surface area contributed by atoms with Gasteiger partial charge in [0.25, 0.3) is 0 Å². The largest absolute Gasteiger partial charge is 0.508 e. The van der Waals surface area contributed by atoms with Crippen molar-refractivity contribution in [2.24, 2.45) is 0 Å². The van der Waals surface area contributed by atoms with E-state index in [0.717, 1.165) is 0 Å². The Bertz CT molecular complexity index is 673. The zero-order valence-corrected chi connectivity index (χ0v) is 14.1. The number of esters is 3. The fraction of sp³-hybridized carbons (Fsp3) is 0.278. The van der Waals surface area contributed by atoms with E-state index in [0.29, 0.717) is 0 Å². The van der Waals surface area contributed by atoms with Gasteiger partial charge >= 0.3 is 17.9 Å². The lowest BCUT2D eigenvalue weighted by atomic mass is 10.2. The minimum Gasteiger partial charge on any atom is -0.508 e. The molecule has 0 amide bonds. The molecule has 0 aromatic heterocycles. The summed E-state index contributed by atoms with van der Waals surface area (Å²) >= 11 is 0. The van der Waals surface area contributed by atoms with Gasteiger partial charge in [0.15, 0.2) is 6.10 Å². The molecule has 0 heterocycles. The van der Waals surface area contributed by atoms with Crippen molar-refractivity contribution in [1.82, 2.24) is 0 Å². The fourth-order valence-electron chi connectivity index (χ4n) is 1.51. The highest BCUT2D eigenvalue weighted by Gasteiger charge is 2.20. The number of phenols is 1. The number of phenolic OH excluding ortho intramolecular Hbond substituents is 1. The van der Waals surface area contributed by atoms with Crippen molar-refractivity contribution in [3.63, 3.8) is 0 Å². The van der Waals surface area contributed by atoms with E-state index >= 15 is 0 Å². The summed E-state index contributed by atoms with van der Waals surface area (Å²) in [6.07, 6.45) is -0.992. The minimum absolute atomic E-state index is 0.0107. The van der Waals surface area contributed by atoms with Crippen molar-refractivity contribution in [3.8, 4) is 5.75 Å². The lowest BCUT2D eigenvalue weighted by molar-refractivity contribution is -0.156. The molecule has 0 aliphatic carbocycles. The maximum atomic E-state index is 11.9. The van der Waals surface area contributed by atoms with Crippen molar-refractivity contribution >= 4 is 17.9 Å². The summed E-state index contributed by atoms with van der Waals surface area (Å²) in [7, 11) is 0. The summed E-state index contributed by atoms with van der Waals surface area (Å²) in [6, 6.07) is 5.44. The molecule has 0 aliphatic heterocycles. The molecule has 0 aliphatic rings. The van der Waals surface area contributed by atoms with Crippen LogP contribution in [0.5, 0.6) is 5.75 Å². The van der Waals surface area contributed by atoms with Crippen molar-refractivity contribution in [2.45, 2.75) is 20.0 Å².